The van der Waals surface area contributed by atoms with Crippen molar-refractivity contribution in [1.82, 2.24) is 0 Å². The van der Waals surface area contributed by atoms with Crippen molar-refractivity contribution in [3.8, 4) is 5.75 Å². The highest BCUT2D eigenvalue weighted by atomic mass is 16.5. The molecule has 0 fully saturated rings. The molecule has 0 spiro atoms. The van der Waals surface area contributed by atoms with E-state index in [0.717, 1.165) is 24.2 Å². The second kappa shape index (κ2) is 5.29. The number of fused-ring (bicyclic) bond motifs is 1. The van der Waals surface area contributed by atoms with Crippen molar-refractivity contribution in [2.45, 2.75) is 25.8 Å². The van der Waals surface area contributed by atoms with Gasteiger partial charge in [0, 0.05) is 11.6 Å². The van der Waals surface area contributed by atoms with Gasteiger partial charge >= 0.3 is 0 Å². The standard InChI is InChI=1S/C18H21NO/c1-12-7-8-17(20-2)16(9-12)18(19)15-10-13-5-3-4-6-14(13)11-15/h3-9,15,18H,10-11,19H2,1-2H3. The summed E-state index contributed by atoms with van der Waals surface area (Å²) in [4.78, 5) is 0. The van der Waals surface area contributed by atoms with Gasteiger partial charge in [-0.1, -0.05) is 42.0 Å². The molecule has 0 saturated carbocycles. The first kappa shape index (κ1) is 13.2. The van der Waals surface area contributed by atoms with Crippen LogP contribution < -0.4 is 10.5 Å². The number of hydrogen-bond donors (Lipinski definition) is 1. The van der Waals surface area contributed by atoms with Gasteiger partial charge in [0.1, 0.15) is 5.75 Å². The molecule has 2 N–H and O–H groups in total. The van der Waals surface area contributed by atoms with Gasteiger partial charge in [-0.15, -0.1) is 0 Å². The molecule has 20 heavy (non-hydrogen) atoms. The van der Waals surface area contributed by atoms with Crippen LogP contribution in [0.15, 0.2) is 42.5 Å². The summed E-state index contributed by atoms with van der Waals surface area (Å²) in [5.74, 6) is 1.36. The number of hydrogen-bond acceptors (Lipinski definition) is 2. The van der Waals surface area contributed by atoms with E-state index < -0.39 is 0 Å². The van der Waals surface area contributed by atoms with Gasteiger partial charge in [-0.3, -0.25) is 0 Å². The molecular formula is C18H21NO. The van der Waals surface area contributed by atoms with Gasteiger partial charge in [0.2, 0.25) is 0 Å². The van der Waals surface area contributed by atoms with Gasteiger partial charge in [-0.25, -0.2) is 0 Å². The summed E-state index contributed by atoms with van der Waals surface area (Å²) in [5, 5.41) is 0. The molecule has 3 rings (SSSR count). The summed E-state index contributed by atoms with van der Waals surface area (Å²) in [6, 6.07) is 14.9. The molecule has 0 saturated heterocycles. The van der Waals surface area contributed by atoms with Gasteiger partial charge in [-0.05, 0) is 42.9 Å². The predicted octanol–water partition coefficient (Wildman–Crippen LogP) is 3.42. The third kappa shape index (κ3) is 2.32. The highest BCUT2D eigenvalue weighted by molar-refractivity contribution is 5.41. The molecule has 104 valence electrons. The van der Waals surface area contributed by atoms with E-state index in [0.29, 0.717) is 5.92 Å². The lowest BCUT2D eigenvalue weighted by Gasteiger charge is -2.22. The van der Waals surface area contributed by atoms with Crippen LogP contribution in [0.5, 0.6) is 5.75 Å². The van der Waals surface area contributed by atoms with Gasteiger partial charge in [0.25, 0.3) is 0 Å². The molecule has 1 aliphatic carbocycles. The van der Waals surface area contributed by atoms with Crippen molar-refractivity contribution in [1.29, 1.82) is 0 Å². The summed E-state index contributed by atoms with van der Waals surface area (Å²) in [7, 11) is 1.71. The Morgan fingerprint density at radius 1 is 1.10 bits per heavy atom. The number of rotatable bonds is 3. The van der Waals surface area contributed by atoms with E-state index in [1.807, 2.05) is 6.07 Å². The third-order valence-corrected chi connectivity index (χ3v) is 4.33. The van der Waals surface area contributed by atoms with Crippen LogP contribution in [-0.2, 0) is 12.8 Å². The number of nitrogens with two attached hydrogens (primary N) is 1. The quantitative estimate of drug-likeness (QED) is 0.925. The summed E-state index contributed by atoms with van der Waals surface area (Å²) in [6.07, 6.45) is 2.13. The molecule has 2 aromatic rings. The summed E-state index contributed by atoms with van der Waals surface area (Å²) in [6.45, 7) is 2.10. The molecule has 1 unspecified atom stereocenters. The second-order valence-corrected chi connectivity index (χ2v) is 5.71. The molecule has 0 heterocycles. The number of methoxy groups -OCH3 is 1. The molecule has 0 aliphatic heterocycles. The maximum atomic E-state index is 6.54. The van der Waals surface area contributed by atoms with Gasteiger partial charge in [0.05, 0.1) is 7.11 Å². The fraction of sp³-hybridized carbons (Fsp3) is 0.333. The van der Waals surface area contributed by atoms with Crippen LogP contribution in [0.3, 0.4) is 0 Å². The van der Waals surface area contributed by atoms with Crippen LogP contribution in [0.25, 0.3) is 0 Å². The Labute approximate surface area is 120 Å². The van der Waals surface area contributed by atoms with E-state index in [1.54, 1.807) is 7.11 Å². The molecular weight excluding hydrogens is 246 g/mol. The predicted molar refractivity (Wildman–Crippen MR) is 82.0 cm³/mol. The molecule has 1 aliphatic rings. The van der Waals surface area contributed by atoms with Gasteiger partial charge in [0.15, 0.2) is 0 Å². The molecule has 0 aromatic heterocycles. The van der Waals surface area contributed by atoms with Crippen LogP contribution in [-0.4, -0.2) is 7.11 Å². The molecule has 0 bridgehead atoms. The Morgan fingerprint density at radius 3 is 2.35 bits per heavy atom. The lowest BCUT2D eigenvalue weighted by molar-refractivity contribution is 0.387. The largest absolute Gasteiger partial charge is 0.496 e. The van der Waals surface area contributed by atoms with Crippen LogP contribution in [0, 0.1) is 12.8 Å². The van der Waals surface area contributed by atoms with E-state index >= 15 is 0 Å². The average Bonchev–Trinajstić information content (AvgIpc) is 2.90. The van der Waals surface area contributed by atoms with E-state index in [2.05, 4.69) is 43.3 Å². The molecule has 0 radical (unpaired) electrons. The normalized spacial score (nSPS) is 15.9. The van der Waals surface area contributed by atoms with Crippen molar-refractivity contribution in [3.05, 3.63) is 64.7 Å². The smallest absolute Gasteiger partial charge is 0.123 e. The first-order valence-corrected chi connectivity index (χ1v) is 7.16. The number of aryl methyl sites for hydroxylation is 1. The molecule has 1 atom stereocenters. The fourth-order valence-corrected chi connectivity index (χ4v) is 3.22. The zero-order chi connectivity index (χ0) is 14.1. The molecule has 2 aromatic carbocycles. The van der Waals surface area contributed by atoms with E-state index in [1.165, 1.54) is 16.7 Å². The Morgan fingerprint density at radius 2 is 1.75 bits per heavy atom. The van der Waals surface area contributed by atoms with Crippen LogP contribution >= 0.6 is 0 Å². The van der Waals surface area contributed by atoms with Crippen molar-refractivity contribution in [2.24, 2.45) is 11.7 Å². The Bertz CT molecular complexity index is 596. The van der Waals surface area contributed by atoms with Gasteiger partial charge in [-0.2, -0.15) is 0 Å². The number of benzene rings is 2. The SMILES string of the molecule is COc1ccc(C)cc1C(N)C1Cc2ccccc2C1. The van der Waals surface area contributed by atoms with Crippen molar-refractivity contribution in [3.63, 3.8) is 0 Å². The van der Waals surface area contributed by atoms with Crippen molar-refractivity contribution in [2.75, 3.05) is 7.11 Å². The summed E-state index contributed by atoms with van der Waals surface area (Å²) < 4.78 is 5.48. The average molecular weight is 267 g/mol. The lowest BCUT2D eigenvalue weighted by atomic mass is 9.90. The molecule has 2 nitrogen and oxygen atoms in total. The Kier molecular flexibility index (Phi) is 3.49. The highest BCUT2D eigenvalue weighted by Gasteiger charge is 2.28. The zero-order valence-electron chi connectivity index (χ0n) is 12.1. The molecule has 0 amide bonds. The summed E-state index contributed by atoms with van der Waals surface area (Å²) >= 11 is 0. The Balaban J connectivity index is 1.88. The maximum absolute atomic E-state index is 6.54. The van der Waals surface area contributed by atoms with E-state index in [-0.39, 0.29) is 6.04 Å². The van der Waals surface area contributed by atoms with Crippen molar-refractivity contribution < 1.29 is 4.74 Å². The minimum Gasteiger partial charge on any atom is -0.496 e. The molecule has 2 heteroatoms. The third-order valence-electron chi connectivity index (χ3n) is 4.33. The zero-order valence-corrected chi connectivity index (χ0v) is 12.1. The van der Waals surface area contributed by atoms with Crippen LogP contribution in [0.1, 0.15) is 28.3 Å². The van der Waals surface area contributed by atoms with Crippen LogP contribution in [0.4, 0.5) is 0 Å². The maximum Gasteiger partial charge on any atom is 0.123 e. The fourth-order valence-electron chi connectivity index (χ4n) is 3.22. The lowest BCUT2D eigenvalue weighted by Crippen LogP contribution is -2.22. The minimum atomic E-state index is 0.0252. The van der Waals surface area contributed by atoms with E-state index in [4.69, 9.17) is 10.5 Å². The summed E-state index contributed by atoms with van der Waals surface area (Å²) in [5.41, 5.74) is 11.8. The minimum absolute atomic E-state index is 0.0252. The van der Waals surface area contributed by atoms with Crippen molar-refractivity contribution >= 4 is 0 Å². The topological polar surface area (TPSA) is 35.2 Å². The van der Waals surface area contributed by atoms with E-state index in [9.17, 15) is 0 Å². The first-order chi connectivity index (χ1) is 9.69. The Hall–Kier alpha value is -1.80. The first-order valence-electron chi connectivity index (χ1n) is 7.16. The highest BCUT2D eigenvalue weighted by Crippen LogP contribution is 2.37. The van der Waals surface area contributed by atoms with Gasteiger partial charge < -0.3 is 10.5 Å². The van der Waals surface area contributed by atoms with Crippen LogP contribution in [0.2, 0.25) is 0 Å². The second-order valence-electron chi connectivity index (χ2n) is 5.71. The monoisotopic (exact) mass is 267 g/mol. The number of ether oxygens (including phenoxy) is 1.